The fourth-order valence-electron chi connectivity index (χ4n) is 3.90. The van der Waals surface area contributed by atoms with Gasteiger partial charge >= 0.3 is 0 Å². The molecule has 2 aromatic heterocycles. The van der Waals surface area contributed by atoms with Gasteiger partial charge in [0.2, 0.25) is 11.9 Å². The molecule has 140 valence electrons. The van der Waals surface area contributed by atoms with E-state index in [0.717, 1.165) is 54.5 Å². The zero-order valence-electron chi connectivity index (χ0n) is 15.8. The predicted molar refractivity (Wildman–Crippen MR) is 104 cm³/mol. The number of carbonyl (C=O) groups excluding carboxylic acids is 1. The van der Waals surface area contributed by atoms with Gasteiger partial charge in [0.15, 0.2) is 5.65 Å². The Hall–Kier alpha value is -2.70. The lowest BCUT2D eigenvalue weighted by atomic mass is 10.1. The lowest BCUT2D eigenvalue weighted by Gasteiger charge is -2.36. The van der Waals surface area contributed by atoms with E-state index in [1.807, 2.05) is 36.9 Å². The van der Waals surface area contributed by atoms with Crippen molar-refractivity contribution in [1.82, 2.24) is 24.5 Å². The van der Waals surface area contributed by atoms with Crippen molar-refractivity contribution in [3.05, 3.63) is 30.1 Å². The molecule has 0 radical (unpaired) electrons. The number of rotatable bonds is 3. The van der Waals surface area contributed by atoms with Crippen LogP contribution in [0.5, 0.6) is 0 Å². The minimum atomic E-state index is 0.0429. The van der Waals surface area contributed by atoms with E-state index in [0.29, 0.717) is 5.92 Å². The molecule has 7 nitrogen and oxygen atoms in total. The summed E-state index contributed by atoms with van der Waals surface area (Å²) in [4.78, 5) is 21.5. The lowest BCUT2D eigenvalue weighted by Crippen LogP contribution is -2.50. The number of aromatic nitrogens is 4. The summed E-state index contributed by atoms with van der Waals surface area (Å²) in [6, 6.07) is 8.12. The van der Waals surface area contributed by atoms with Gasteiger partial charge in [-0.25, -0.2) is 9.38 Å². The van der Waals surface area contributed by atoms with Gasteiger partial charge in [-0.15, -0.1) is 10.2 Å². The van der Waals surface area contributed by atoms with Gasteiger partial charge in [0, 0.05) is 43.4 Å². The summed E-state index contributed by atoms with van der Waals surface area (Å²) in [5.41, 5.74) is 1.83. The van der Waals surface area contributed by atoms with Crippen molar-refractivity contribution < 1.29 is 4.79 Å². The zero-order chi connectivity index (χ0) is 18.5. The average Bonchev–Trinajstić information content (AvgIpc) is 3.45. The van der Waals surface area contributed by atoms with Gasteiger partial charge in [0.1, 0.15) is 5.82 Å². The van der Waals surface area contributed by atoms with Crippen LogP contribution in [0.2, 0.25) is 0 Å². The van der Waals surface area contributed by atoms with Gasteiger partial charge in [-0.05, 0) is 25.0 Å². The number of fused-ring (bicyclic) bond motifs is 3. The molecular weight excluding hydrogens is 340 g/mol. The molecule has 1 aromatic carbocycles. The van der Waals surface area contributed by atoms with Crippen LogP contribution < -0.4 is 4.90 Å². The minimum absolute atomic E-state index is 0.0429. The third-order valence-electron chi connectivity index (χ3n) is 5.56. The van der Waals surface area contributed by atoms with Crippen LogP contribution in [-0.2, 0) is 4.79 Å². The van der Waals surface area contributed by atoms with Crippen LogP contribution >= 0.6 is 0 Å². The van der Waals surface area contributed by atoms with E-state index in [9.17, 15) is 4.79 Å². The molecule has 5 rings (SSSR count). The van der Waals surface area contributed by atoms with Gasteiger partial charge in [-0.3, -0.25) is 4.79 Å². The van der Waals surface area contributed by atoms with Gasteiger partial charge in [0.25, 0.3) is 0 Å². The van der Waals surface area contributed by atoms with Crippen molar-refractivity contribution in [3.63, 3.8) is 0 Å². The molecule has 0 atom stereocenters. The molecule has 1 saturated heterocycles. The third-order valence-corrected chi connectivity index (χ3v) is 5.56. The molecule has 2 aliphatic rings. The normalized spacial score (nSPS) is 18.0. The second-order valence-corrected chi connectivity index (χ2v) is 7.89. The summed E-state index contributed by atoms with van der Waals surface area (Å²) in [6.45, 7) is 6.94. The second kappa shape index (κ2) is 6.18. The van der Waals surface area contributed by atoms with Crippen LogP contribution in [0, 0.1) is 5.92 Å². The molecule has 2 fully saturated rings. The Morgan fingerprint density at radius 2 is 1.81 bits per heavy atom. The van der Waals surface area contributed by atoms with E-state index in [2.05, 4.69) is 25.6 Å². The largest absolute Gasteiger partial charge is 0.339 e. The van der Waals surface area contributed by atoms with Crippen molar-refractivity contribution in [2.24, 2.45) is 5.92 Å². The summed E-state index contributed by atoms with van der Waals surface area (Å²) in [5.74, 6) is 2.70. The van der Waals surface area contributed by atoms with E-state index in [4.69, 9.17) is 4.98 Å². The number of hydrogen-bond donors (Lipinski definition) is 0. The Balaban J connectivity index is 1.56. The number of piperazine rings is 1. The Bertz CT molecular complexity index is 1010. The molecule has 0 N–H and O–H groups in total. The van der Waals surface area contributed by atoms with E-state index in [-0.39, 0.29) is 11.8 Å². The summed E-state index contributed by atoms with van der Waals surface area (Å²) in [7, 11) is 0. The highest BCUT2D eigenvalue weighted by atomic mass is 16.2. The SMILES string of the molecule is CC(C)C(=O)N1CCN(c2nc3ccccc3c3nnc(C4CC4)n23)CC1. The van der Waals surface area contributed by atoms with E-state index in [1.165, 1.54) is 12.8 Å². The molecule has 0 bridgehead atoms. The molecule has 3 heterocycles. The van der Waals surface area contributed by atoms with Gasteiger partial charge in [-0.1, -0.05) is 26.0 Å². The van der Waals surface area contributed by atoms with Crippen LogP contribution in [0.25, 0.3) is 16.6 Å². The monoisotopic (exact) mass is 364 g/mol. The number of benzene rings is 1. The van der Waals surface area contributed by atoms with Gasteiger partial charge in [-0.2, -0.15) is 0 Å². The number of carbonyl (C=O) groups is 1. The molecule has 1 aliphatic heterocycles. The highest BCUT2D eigenvalue weighted by Gasteiger charge is 2.32. The lowest BCUT2D eigenvalue weighted by molar-refractivity contribution is -0.134. The van der Waals surface area contributed by atoms with Crippen LogP contribution in [0.15, 0.2) is 24.3 Å². The maximum absolute atomic E-state index is 12.3. The molecule has 0 spiro atoms. The van der Waals surface area contributed by atoms with Gasteiger partial charge in [0.05, 0.1) is 5.52 Å². The van der Waals surface area contributed by atoms with Crippen LogP contribution in [0.4, 0.5) is 5.95 Å². The topological polar surface area (TPSA) is 66.6 Å². The Labute approximate surface area is 158 Å². The summed E-state index contributed by atoms with van der Waals surface area (Å²) in [6.07, 6.45) is 2.34. The molecule has 1 saturated carbocycles. The first-order chi connectivity index (χ1) is 13.1. The Kier molecular flexibility index (Phi) is 3.77. The van der Waals surface area contributed by atoms with Crippen molar-refractivity contribution in [2.75, 3.05) is 31.1 Å². The number of amides is 1. The molecular formula is C20H24N6O. The number of para-hydroxylation sites is 1. The first-order valence-corrected chi connectivity index (χ1v) is 9.81. The number of anilines is 1. The first-order valence-electron chi connectivity index (χ1n) is 9.81. The number of hydrogen-bond acceptors (Lipinski definition) is 5. The second-order valence-electron chi connectivity index (χ2n) is 7.89. The summed E-state index contributed by atoms with van der Waals surface area (Å²) >= 11 is 0. The fraction of sp³-hybridized carbons (Fsp3) is 0.500. The average molecular weight is 364 g/mol. The highest BCUT2D eigenvalue weighted by molar-refractivity contribution is 5.92. The Morgan fingerprint density at radius 1 is 1.07 bits per heavy atom. The molecule has 7 heteroatoms. The zero-order valence-corrected chi connectivity index (χ0v) is 15.8. The molecule has 1 aliphatic carbocycles. The maximum atomic E-state index is 12.3. The molecule has 1 amide bonds. The highest BCUT2D eigenvalue weighted by Crippen LogP contribution is 2.40. The van der Waals surface area contributed by atoms with Gasteiger partial charge < -0.3 is 9.80 Å². The maximum Gasteiger partial charge on any atom is 0.225 e. The Morgan fingerprint density at radius 3 is 2.52 bits per heavy atom. The predicted octanol–water partition coefficient (Wildman–Crippen LogP) is 2.46. The van der Waals surface area contributed by atoms with Crippen LogP contribution in [-0.4, -0.2) is 56.6 Å². The fourth-order valence-corrected chi connectivity index (χ4v) is 3.90. The van der Waals surface area contributed by atoms with Crippen molar-refractivity contribution in [1.29, 1.82) is 0 Å². The molecule has 0 unspecified atom stereocenters. The minimum Gasteiger partial charge on any atom is -0.339 e. The summed E-state index contributed by atoms with van der Waals surface area (Å²) < 4.78 is 2.15. The van der Waals surface area contributed by atoms with Crippen molar-refractivity contribution in [2.45, 2.75) is 32.6 Å². The standard InChI is InChI=1S/C20H24N6O/c1-13(2)19(27)24-9-11-25(12-10-24)20-21-16-6-4-3-5-15(16)18-23-22-17(26(18)20)14-7-8-14/h3-6,13-14H,7-12H2,1-2H3. The van der Waals surface area contributed by atoms with Crippen molar-refractivity contribution >= 4 is 28.4 Å². The van der Waals surface area contributed by atoms with E-state index >= 15 is 0 Å². The quantitative estimate of drug-likeness (QED) is 0.714. The number of nitrogens with zero attached hydrogens (tertiary/aromatic N) is 6. The third kappa shape index (κ3) is 2.72. The smallest absolute Gasteiger partial charge is 0.225 e. The van der Waals surface area contributed by atoms with Crippen LogP contribution in [0.3, 0.4) is 0 Å². The molecule has 27 heavy (non-hydrogen) atoms. The van der Waals surface area contributed by atoms with Crippen molar-refractivity contribution in [3.8, 4) is 0 Å². The first kappa shape index (κ1) is 16.5. The molecule has 3 aromatic rings. The summed E-state index contributed by atoms with van der Waals surface area (Å²) in [5, 5.41) is 10.1. The van der Waals surface area contributed by atoms with E-state index in [1.54, 1.807) is 0 Å². The van der Waals surface area contributed by atoms with E-state index < -0.39 is 0 Å². The van der Waals surface area contributed by atoms with Crippen LogP contribution in [0.1, 0.15) is 38.4 Å².